The monoisotopic (exact) mass is 330 g/mol. The quantitative estimate of drug-likeness (QED) is 0.364. The van der Waals surface area contributed by atoms with Crippen molar-refractivity contribution in [1.82, 2.24) is 9.97 Å². The van der Waals surface area contributed by atoms with E-state index in [9.17, 15) is 0 Å². The second-order valence-electron chi connectivity index (χ2n) is 6.70. The van der Waals surface area contributed by atoms with Gasteiger partial charge in [-0.2, -0.15) is 0 Å². The Morgan fingerprint density at radius 3 is 2.27 bits per heavy atom. The molecule has 26 heavy (non-hydrogen) atoms. The zero-order valence-electron chi connectivity index (χ0n) is 14.0. The summed E-state index contributed by atoms with van der Waals surface area (Å²) >= 11 is 0. The molecule has 2 heterocycles. The van der Waals surface area contributed by atoms with Crippen LogP contribution in [0.1, 0.15) is 0 Å². The van der Waals surface area contributed by atoms with Crippen LogP contribution in [0.2, 0.25) is 0 Å². The molecule has 3 aromatic carbocycles. The second-order valence-corrected chi connectivity index (χ2v) is 6.70. The SMILES string of the molecule is c1cncc(-c2c3c(cc4cccnc24)-c2cccc4cccc-3c24)c1. The van der Waals surface area contributed by atoms with Crippen LogP contribution in [0.15, 0.2) is 85.3 Å². The fourth-order valence-electron chi connectivity index (χ4n) is 4.28. The van der Waals surface area contributed by atoms with Crippen molar-refractivity contribution in [2.24, 2.45) is 0 Å². The van der Waals surface area contributed by atoms with Crippen LogP contribution in [-0.4, -0.2) is 9.97 Å². The van der Waals surface area contributed by atoms with Gasteiger partial charge in [0.25, 0.3) is 0 Å². The van der Waals surface area contributed by atoms with Crippen molar-refractivity contribution >= 4 is 21.7 Å². The highest BCUT2D eigenvalue weighted by atomic mass is 14.7. The summed E-state index contributed by atoms with van der Waals surface area (Å²) in [6.07, 6.45) is 5.63. The van der Waals surface area contributed by atoms with Crippen molar-refractivity contribution in [3.05, 3.63) is 85.3 Å². The summed E-state index contributed by atoms with van der Waals surface area (Å²) in [6, 6.07) is 23.7. The number of hydrogen-bond acceptors (Lipinski definition) is 2. The highest BCUT2D eigenvalue weighted by molar-refractivity contribution is 6.21. The standard InChI is InChI=1S/C24H14N2/c1-5-15-6-2-10-19-21(15)18(9-1)20-13-16-7-4-12-26-24(16)22(23(19)20)17-8-3-11-25-14-17/h1-14H. The van der Waals surface area contributed by atoms with E-state index in [1.165, 1.54) is 38.6 Å². The van der Waals surface area contributed by atoms with Crippen LogP contribution in [-0.2, 0) is 0 Å². The van der Waals surface area contributed by atoms with Crippen molar-refractivity contribution in [3.63, 3.8) is 0 Å². The maximum atomic E-state index is 4.73. The van der Waals surface area contributed by atoms with Gasteiger partial charge in [0.2, 0.25) is 0 Å². The van der Waals surface area contributed by atoms with Crippen LogP contribution >= 0.6 is 0 Å². The van der Waals surface area contributed by atoms with Gasteiger partial charge in [0.1, 0.15) is 0 Å². The second kappa shape index (κ2) is 4.99. The van der Waals surface area contributed by atoms with Crippen molar-refractivity contribution in [3.8, 4) is 33.4 Å². The van der Waals surface area contributed by atoms with Crippen LogP contribution in [0.5, 0.6) is 0 Å². The minimum Gasteiger partial charge on any atom is -0.264 e. The highest BCUT2D eigenvalue weighted by Crippen LogP contribution is 2.52. The summed E-state index contributed by atoms with van der Waals surface area (Å²) in [5.74, 6) is 0. The first-order valence-corrected chi connectivity index (χ1v) is 8.76. The molecule has 0 saturated carbocycles. The third-order valence-electron chi connectivity index (χ3n) is 5.31. The number of benzene rings is 3. The molecule has 1 aliphatic carbocycles. The van der Waals surface area contributed by atoms with Gasteiger partial charge in [0.15, 0.2) is 0 Å². The van der Waals surface area contributed by atoms with Gasteiger partial charge in [0, 0.05) is 40.7 Å². The molecule has 0 radical (unpaired) electrons. The van der Waals surface area contributed by atoms with E-state index in [-0.39, 0.29) is 0 Å². The summed E-state index contributed by atoms with van der Waals surface area (Å²) in [5.41, 5.74) is 8.48. The lowest BCUT2D eigenvalue weighted by atomic mass is 9.91. The van der Waals surface area contributed by atoms with Gasteiger partial charge < -0.3 is 0 Å². The first-order valence-electron chi connectivity index (χ1n) is 8.76. The van der Waals surface area contributed by atoms with E-state index >= 15 is 0 Å². The number of pyridine rings is 2. The normalized spacial score (nSPS) is 11.8. The van der Waals surface area contributed by atoms with Crippen LogP contribution in [0.3, 0.4) is 0 Å². The van der Waals surface area contributed by atoms with Gasteiger partial charge in [-0.05, 0) is 45.7 Å². The molecule has 1 aliphatic rings. The number of hydrogen-bond donors (Lipinski definition) is 0. The minimum absolute atomic E-state index is 1.03. The lowest BCUT2D eigenvalue weighted by molar-refractivity contribution is 1.33. The molecule has 2 nitrogen and oxygen atoms in total. The zero-order chi connectivity index (χ0) is 17.1. The van der Waals surface area contributed by atoms with E-state index in [2.05, 4.69) is 59.6 Å². The van der Waals surface area contributed by atoms with Gasteiger partial charge in [0.05, 0.1) is 5.52 Å². The van der Waals surface area contributed by atoms with E-state index < -0.39 is 0 Å². The van der Waals surface area contributed by atoms with Gasteiger partial charge in [-0.1, -0.05) is 48.5 Å². The summed E-state index contributed by atoms with van der Waals surface area (Å²) < 4.78 is 0. The van der Waals surface area contributed by atoms with E-state index in [1.807, 2.05) is 30.7 Å². The largest absolute Gasteiger partial charge is 0.264 e. The lowest BCUT2D eigenvalue weighted by Gasteiger charge is -2.13. The first kappa shape index (κ1) is 13.7. The summed E-state index contributed by atoms with van der Waals surface area (Å²) in [4.78, 5) is 9.10. The molecular weight excluding hydrogens is 316 g/mol. The van der Waals surface area contributed by atoms with Crippen molar-refractivity contribution < 1.29 is 0 Å². The van der Waals surface area contributed by atoms with Gasteiger partial charge in [-0.15, -0.1) is 0 Å². The average molecular weight is 330 g/mol. The van der Waals surface area contributed by atoms with Crippen LogP contribution in [0, 0.1) is 0 Å². The molecule has 0 spiro atoms. The minimum atomic E-state index is 1.03. The topological polar surface area (TPSA) is 25.8 Å². The van der Waals surface area contributed by atoms with Gasteiger partial charge >= 0.3 is 0 Å². The molecule has 0 amide bonds. The van der Waals surface area contributed by atoms with Crippen molar-refractivity contribution in [2.75, 3.05) is 0 Å². The highest BCUT2D eigenvalue weighted by Gasteiger charge is 2.26. The summed E-state index contributed by atoms with van der Waals surface area (Å²) in [7, 11) is 0. The molecule has 0 unspecified atom stereocenters. The Balaban J connectivity index is 1.87. The number of rotatable bonds is 1. The van der Waals surface area contributed by atoms with E-state index in [0.717, 1.165) is 16.5 Å². The molecule has 0 saturated heterocycles. The molecule has 120 valence electrons. The summed E-state index contributed by atoms with van der Waals surface area (Å²) in [6.45, 7) is 0. The van der Waals surface area contributed by atoms with E-state index in [4.69, 9.17) is 4.98 Å². The van der Waals surface area contributed by atoms with Crippen LogP contribution < -0.4 is 0 Å². The average Bonchev–Trinajstić information content (AvgIpc) is 3.03. The predicted molar refractivity (Wildman–Crippen MR) is 107 cm³/mol. The zero-order valence-corrected chi connectivity index (χ0v) is 14.0. The molecular formula is C24H14N2. The molecule has 0 atom stereocenters. The van der Waals surface area contributed by atoms with E-state index in [1.54, 1.807) is 0 Å². The smallest absolute Gasteiger partial charge is 0.0787 e. The fourth-order valence-corrected chi connectivity index (χ4v) is 4.28. The lowest BCUT2D eigenvalue weighted by Crippen LogP contribution is -1.91. The Kier molecular flexibility index (Phi) is 2.64. The van der Waals surface area contributed by atoms with Gasteiger partial charge in [-0.25, -0.2) is 0 Å². The van der Waals surface area contributed by atoms with Crippen LogP contribution in [0.25, 0.3) is 55.1 Å². The number of fused-ring (bicyclic) bond motifs is 4. The molecule has 2 heteroatoms. The Hall–Kier alpha value is -3.52. The van der Waals surface area contributed by atoms with Gasteiger partial charge in [-0.3, -0.25) is 9.97 Å². The van der Waals surface area contributed by atoms with Crippen molar-refractivity contribution in [1.29, 1.82) is 0 Å². The summed E-state index contributed by atoms with van der Waals surface area (Å²) in [5, 5.41) is 3.78. The molecule has 6 rings (SSSR count). The Labute approximate surface area is 150 Å². The molecule has 2 aromatic heterocycles. The Morgan fingerprint density at radius 1 is 0.615 bits per heavy atom. The number of aromatic nitrogens is 2. The molecule has 0 N–H and O–H groups in total. The first-order chi connectivity index (χ1) is 12.9. The molecule has 0 bridgehead atoms. The van der Waals surface area contributed by atoms with E-state index in [0.29, 0.717) is 0 Å². The molecule has 0 aliphatic heterocycles. The van der Waals surface area contributed by atoms with Crippen molar-refractivity contribution in [2.45, 2.75) is 0 Å². The maximum absolute atomic E-state index is 4.73. The number of nitrogens with zero attached hydrogens (tertiary/aromatic N) is 2. The third kappa shape index (κ3) is 1.71. The Morgan fingerprint density at radius 2 is 1.42 bits per heavy atom. The fraction of sp³-hybridized carbons (Fsp3) is 0. The molecule has 0 fully saturated rings. The third-order valence-corrected chi connectivity index (χ3v) is 5.31. The Bertz CT molecular complexity index is 1320. The van der Waals surface area contributed by atoms with Crippen LogP contribution in [0.4, 0.5) is 0 Å². The maximum Gasteiger partial charge on any atom is 0.0787 e. The predicted octanol–water partition coefficient (Wildman–Crippen LogP) is 6.10. The molecule has 5 aromatic rings.